The van der Waals surface area contributed by atoms with Gasteiger partial charge in [0.15, 0.2) is 0 Å². The van der Waals surface area contributed by atoms with Gasteiger partial charge in [-0.05, 0) is 35.9 Å². The number of nitrogens with zero attached hydrogens (tertiary/aromatic N) is 2. The summed E-state index contributed by atoms with van der Waals surface area (Å²) in [4.78, 5) is 14.9. The van der Waals surface area contributed by atoms with Gasteiger partial charge in [0.25, 0.3) is 5.69 Å². The van der Waals surface area contributed by atoms with Crippen molar-refractivity contribution in [3.8, 4) is 5.75 Å². The number of phenols is 1. The molecule has 1 heterocycles. The molecule has 2 N–H and O–H groups in total. The summed E-state index contributed by atoms with van der Waals surface area (Å²) in [5.41, 5.74) is 2.84. The lowest BCUT2D eigenvalue weighted by molar-refractivity contribution is -0.384. The van der Waals surface area contributed by atoms with Crippen molar-refractivity contribution >= 4 is 22.3 Å². The summed E-state index contributed by atoms with van der Waals surface area (Å²) in [5.74, 6) is 0.0879. The quantitative estimate of drug-likeness (QED) is 0.378. The van der Waals surface area contributed by atoms with E-state index in [1.165, 1.54) is 12.1 Å². The van der Waals surface area contributed by atoms with Crippen LogP contribution in [0.2, 0.25) is 0 Å². The molecule has 3 aromatic carbocycles. The molecule has 0 unspecified atom stereocenters. The van der Waals surface area contributed by atoms with Gasteiger partial charge in [-0.2, -0.15) is 0 Å². The second kappa shape index (κ2) is 7.36. The fourth-order valence-corrected chi connectivity index (χ4v) is 3.21. The molecule has 138 valence electrons. The molecule has 0 bridgehead atoms. The molecule has 4 rings (SSSR count). The highest BCUT2D eigenvalue weighted by Crippen LogP contribution is 2.36. The first-order chi connectivity index (χ1) is 13.6. The number of hydrogen-bond donors (Lipinski definition) is 2. The smallest absolute Gasteiger partial charge is 0.269 e. The maximum absolute atomic E-state index is 11.0. The summed E-state index contributed by atoms with van der Waals surface area (Å²) in [5, 5.41) is 26.1. The van der Waals surface area contributed by atoms with E-state index < -0.39 is 11.0 Å². The van der Waals surface area contributed by atoms with Gasteiger partial charge in [-0.1, -0.05) is 36.4 Å². The molecular formula is C22H17N3O3. The van der Waals surface area contributed by atoms with Gasteiger partial charge in [-0.25, -0.2) is 0 Å². The first-order valence-corrected chi connectivity index (χ1v) is 8.76. The van der Waals surface area contributed by atoms with Gasteiger partial charge in [0, 0.05) is 35.0 Å². The van der Waals surface area contributed by atoms with Crippen LogP contribution in [0.5, 0.6) is 5.75 Å². The molecule has 1 aromatic heterocycles. The monoisotopic (exact) mass is 371 g/mol. The van der Waals surface area contributed by atoms with Crippen LogP contribution in [-0.4, -0.2) is 15.0 Å². The third-order valence-electron chi connectivity index (χ3n) is 4.61. The number of rotatable bonds is 5. The highest BCUT2D eigenvalue weighted by Gasteiger charge is 2.20. The van der Waals surface area contributed by atoms with Crippen LogP contribution in [0.4, 0.5) is 11.4 Å². The lowest BCUT2D eigenvalue weighted by Crippen LogP contribution is -2.13. The number of fused-ring (bicyclic) bond motifs is 1. The van der Waals surface area contributed by atoms with Crippen LogP contribution in [-0.2, 0) is 0 Å². The Kier molecular flexibility index (Phi) is 4.60. The lowest BCUT2D eigenvalue weighted by atomic mass is 9.95. The number of nitro groups is 1. The summed E-state index contributed by atoms with van der Waals surface area (Å²) in [6, 6.07) is 23.0. The van der Waals surface area contributed by atoms with E-state index in [9.17, 15) is 15.2 Å². The van der Waals surface area contributed by atoms with Crippen molar-refractivity contribution in [2.45, 2.75) is 6.04 Å². The highest BCUT2D eigenvalue weighted by molar-refractivity contribution is 5.86. The van der Waals surface area contributed by atoms with E-state index in [2.05, 4.69) is 10.3 Å². The van der Waals surface area contributed by atoms with Crippen LogP contribution in [0, 0.1) is 10.1 Å². The van der Waals surface area contributed by atoms with Crippen molar-refractivity contribution in [1.29, 1.82) is 0 Å². The first-order valence-electron chi connectivity index (χ1n) is 8.76. The van der Waals surface area contributed by atoms with E-state index in [0.29, 0.717) is 11.1 Å². The Labute approximate surface area is 161 Å². The number of hydrogen-bond acceptors (Lipinski definition) is 5. The number of benzene rings is 3. The highest BCUT2D eigenvalue weighted by atomic mass is 16.6. The largest absolute Gasteiger partial charge is 0.505 e. The number of phenolic OH excluding ortho intramolecular Hbond substituents is 1. The predicted octanol–water partition coefficient (Wildman–Crippen LogP) is 5.05. The topological polar surface area (TPSA) is 88.3 Å². The zero-order valence-electron chi connectivity index (χ0n) is 14.8. The van der Waals surface area contributed by atoms with Gasteiger partial charge in [-0.15, -0.1) is 0 Å². The summed E-state index contributed by atoms with van der Waals surface area (Å²) >= 11 is 0. The van der Waals surface area contributed by atoms with Gasteiger partial charge in [-0.3, -0.25) is 15.1 Å². The van der Waals surface area contributed by atoms with Crippen LogP contribution in [0.15, 0.2) is 85.1 Å². The Morgan fingerprint density at radius 3 is 2.39 bits per heavy atom. The molecule has 0 aliphatic heterocycles. The minimum absolute atomic E-state index is 0.0200. The number of aromatic nitrogens is 1. The van der Waals surface area contributed by atoms with Crippen LogP contribution >= 0.6 is 0 Å². The van der Waals surface area contributed by atoms with Gasteiger partial charge in [0.2, 0.25) is 0 Å². The minimum Gasteiger partial charge on any atom is -0.505 e. The molecule has 0 saturated carbocycles. The Bertz CT molecular complexity index is 1130. The van der Waals surface area contributed by atoms with Crippen molar-refractivity contribution in [2.75, 3.05) is 5.32 Å². The molecule has 6 nitrogen and oxygen atoms in total. The van der Waals surface area contributed by atoms with E-state index in [4.69, 9.17) is 0 Å². The van der Waals surface area contributed by atoms with E-state index in [-0.39, 0.29) is 11.4 Å². The summed E-state index contributed by atoms with van der Waals surface area (Å²) in [7, 11) is 0. The molecule has 0 saturated heterocycles. The zero-order valence-corrected chi connectivity index (χ0v) is 14.8. The second-order valence-corrected chi connectivity index (χ2v) is 6.37. The molecule has 6 heteroatoms. The van der Waals surface area contributed by atoms with Crippen LogP contribution < -0.4 is 5.32 Å². The number of nitrogens with one attached hydrogen (secondary N) is 1. The lowest BCUT2D eigenvalue weighted by Gasteiger charge is -2.22. The molecule has 0 fully saturated rings. The molecule has 0 radical (unpaired) electrons. The first kappa shape index (κ1) is 17.5. The number of para-hydroxylation sites is 1. The van der Waals surface area contributed by atoms with E-state index in [1.807, 2.05) is 54.6 Å². The van der Waals surface area contributed by atoms with Crippen LogP contribution in [0.3, 0.4) is 0 Å². The Morgan fingerprint density at radius 2 is 1.68 bits per heavy atom. The standard InChI is InChI=1S/C22H17N3O3/c26-22-19(13-10-15-5-4-14-23-21(15)22)20(24-17-6-2-1-3-7-17)16-8-11-18(12-9-16)25(27)28/h1-14,20,24,26H/t20-/m1/s1. The average molecular weight is 371 g/mol. The normalized spacial score (nSPS) is 11.9. The molecule has 1 atom stereocenters. The number of pyridine rings is 1. The maximum Gasteiger partial charge on any atom is 0.269 e. The van der Waals surface area contributed by atoms with Gasteiger partial charge < -0.3 is 10.4 Å². The van der Waals surface area contributed by atoms with Crippen molar-refractivity contribution in [2.24, 2.45) is 0 Å². The van der Waals surface area contributed by atoms with Crippen molar-refractivity contribution in [3.05, 3.63) is 106 Å². The third kappa shape index (κ3) is 3.35. The number of non-ortho nitro benzene ring substituents is 1. The predicted molar refractivity (Wildman–Crippen MR) is 108 cm³/mol. The molecule has 4 aromatic rings. The van der Waals surface area contributed by atoms with E-state index in [0.717, 1.165) is 16.6 Å². The van der Waals surface area contributed by atoms with Crippen molar-refractivity contribution in [1.82, 2.24) is 4.98 Å². The summed E-state index contributed by atoms with van der Waals surface area (Å²) < 4.78 is 0. The number of nitro benzene ring substituents is 1. The Balaban J connectivity index is 1.83. The molecule has 0 spiro atoms. The SMILES string of the molecule is O=[N+]([O-])c1ccc([C@@H](Nc2ccccc2)c2ccc3cccnc3c2O)cc1. The minimum atomic E-state index is -0.430. The molecule has 0 aliphatic carbocycles. The molecule has 28 heavy (non-hydrogen) atoms. The zero-order chi connectivity index (χ0) is 19.5. The van der Waals surface area contributed by atoms with Gasteiger partial charge in [0.05, 0.1) is 11.0 Å². The maximum atomic E-state index is 11.0. The van der Waals surface area contributed by atoms with Gasteiger partial charge >= 0.3 is 0 Å². The molecule has 0 aliphatic rings. The van der Waals surface area contributed by atoms with Crippen LogP contribution in [0.1, 0.15) is 17.2 Å². The Hall–Kier alpha value is -3.93. The Morgan fingerprint density at radius 1 is 0.929 bits per heavy atom. The summed E-state index contributed by atoms with van der Waals surface area (Å²) in [6.45, 7) is 0. The second-order valence-electron chi connectivity index (χ2n) is 6.37. The molecular weight excluding hydrogens is 354 g/mol. The third-order valence-corrected chi connectivity index (χ3v) is 4.61. The fourth-order valence-electron chi connectivity index (χ4n) is 3.21. The van der Waals surface area contributed by atoms with E-state index >= 15 is 0 Å². The number of anilines is 1. The van der Waals surface area contributed by atoms with Crippen molar-refractivity contribution < 1.29 is 10.0 Å². The average Bonchev–Trinajstić information content (AvgIpc) is 2.74. The molecule has 0 amide bonds. The van der Waals surface area contributed by atoms with E-state index in [1.54, 1.807) is 18.3 Å². The summed E-state index contributed by atoms with van der Waals surface area (Å²) in [6.07, 6.45) is 1.64. The fraction of sp³-hybridized carbons (Fsp3) is 0.0455. The number of aromatic hydroxyl groups is 1. The van der Waals surface area contributed by atoms with Gasteiger partial charge in [0.1, 0.15) is 11.3 Å². The van der Waals surface area contributed by atoms with Crippen molar-refractivity contribution in [3.63, 3.8) is 0 Å². The van der Waals surface area contributed by atoms with Crippen LogP contribution in [0.25, 0.3) is 10.9 Å².